The molecule has 0 spiro atoms. The molecule has 7 heteroatoms. The van der Waals surface area contributed by atoms with Gasteiger partial charge in [0.1, 0.15) is 0 Å². The van der Waals surface area contributed by atoms with Gasteiger partial charge in [-0.3, -0.25) is 15.0 Å². The van der Waals surface area contributed by atoms with Crippen LogP contribution in [0, 0.1) is 0 Å². The molecule has 1 heterocycles. The van der Waals surface area contributed by atoms with Gasteiger partial charge in [-0.15, -0.1) is 0 Å². The van der Waals surface area contributed by atoms with E-state index in [1.807, 2.05) is 0 Å². The van der Waals surface area contributed by atoms with Crippen molar-refractivity contribution in [1.82, 2.24) is 4.98 Å². The molecule has 0 radical (unpaired) electrons. The molecule has 2 aromatic rings. The molecule has 0 amide bonds. The van der Waals surface area contributed by atoms with Crippen LogP contribution in [0.3, 0.4) is 0 Å². The number of aliphatic imine (C=N–C) groups is 2. The summed E-state index contributed by atoms with van der Waals surface area (Å²) in [5, 5.41) is 22.6. The Balaban J connectivity index is 0.00000264. The van der Waals surface area contributed by atoms with Crippen LogP contribution >= 0.6 is 0 Å². The second-order valence-electron chi connectivity index (χ2n) is 4.42. The van der Waals surface area contributed by atoms with Gasteiger partial charge in [0.15, 0.2) is 0 Å². The number of aliphatic carboxylic acids is 1. The van der Waals surface area contributed by atoms with Crippen molar-refractivity contribution in [1.29, 1.82) is 0 Å². The maximum atomic E-state index is 12.1. The Bertz CT molecular complexity index is 730. The van der Waals surface area contributed by atoms with Gasteiger partial charge >= 0.3 is 16.5 Å². The molecular formula is C16H13N3NiO3. The molecule has 0 atom stereocenters. The largest absolute Gasteiger partial charge is 2.00 e. The molecule has 0 unspecified atom stereocenters. The average molecular weight is 354 g/mol. The first-order valence-electron chi connectivity index (χ1n) is 6.55. The Kier molecular flexibility index (Phi) is 7.09. The third-order valence-electron chi connectivity index (χ3n) is 2.85. The van der Waals surface area contributed by atoms with E-state index in [2.05, 4.69) is 15.0 Å². The quantitative estimate of drug-likeness (QED) is 0.431. The maximum Gasteiger partial charge on any atom is 2.00 e. The van der Waals surface area contributed by atoms with Gasteiger partial charge < -0.3 is 15.0 Å². The number of carbonyl (C=O) groups excluding carboxylic acids is 1. The molecule has 0 bridgehead atoms. The van der Waals surface area contributed by atoms with Crippen LogP contribution in [0.15, 0.2) is 58.6 Å². The molecule has 2 rings (SSSR count). The van der Waals surface area contributed by atoms with E-state index < -0.39 is 18.4 Å². The molecule has 120 valence electrons. The molecule has 0 aliphatic rings. The molecule has 0 fully saturated rings. The van der Waals surface area contributed by atoms with Gasteiger partial charge in [0.05, 0.1) is 23.9 Å². The van der Waals surface area contributed by atoms with Crippen LogP contribution in [0.25, 0.3) is 0 Å². The smallest absolute Gasteiger partial charge is 0.857 e. The molecular weight excluding hydrogens is 341 g/mol. The van der Waals surface area contributed by atoms with Crippen molar-refractivity contribution in [3.05, 3.63) is 59.9 Å². The minimum atomic E-state index is -1.27. The van der Waals surface area contributed by atoms with Crippen molar-refractivity contribution in [2.24, 2.45) is 9.98 Å². The van der Waals surface area contributed by atoms with E-state index in [-0.39, 0.29) is 22.2 Å². The fourth-order valence-electron chi connectivity index (χ4n) is 1.80. The third-order valence-corrected chi connectivity index (χ3v) is 2.85. The fraction of sp³-hybridized carbons (Fsp3) is 0.125. The molecule has 6 nitrogen and oxygen atoms in total. The third kappa shape index (κ3) is 5.31. The van der Waals surface area contributed by atoms with Crippen molar-refractivity contribution >= 4 is 23.3 Å². The van der Waals surface area contributed by atoms with E-state index in [0.29, 0.717) is 17.0 Å². The molecule has 1 aromatic carbocycles. The standard InChI is InChI=1S/C16H15N3O3.Ni/c1-11(18-10-15(20)21)12-6-2-3-7-13(12)19-16(22)14-8-4-5-9-17-14;/h2-9H,10H2,1H3,(H,19,22)(H,20,21);/q;+2/p-2. The molecule has 0 aliphatic heterocycles. The minimum absolute atomic E-state index is 0. The van der Waals surface area contributed by atoms with Gasteiger partial charge in [0.25, 0.3) is 0 Å². The molecule has 23 heavy (non-hydrogen) atoms. The number of nitrogens with zero attached hydrogens (tertiary/aromatic N) is 3. The molecule has 0 saturated carbocycles. The van der Waals surface area contributed by atoms with Crippen LogP contribution in [-0.4, -0.2) is 29.1 Å². The zero-order chi connectivity index (χ0) is 15.9. The molecule has 0 aliphatic carbocycles. The number of carbonyl (C=O) groups is 1. The van der Waals surface area contributed by atoms with Crippen LogP contribution in [-0.2, 0) is 21.3 Å². The van der Waals surface area contributed by atoms with Crippen LogP contribution in [0.1, 0.15) is 18.2 Å². The van der Waals surface area contributed by atoms with Crippen LogP contribution < -0.4 is 10.2 Å². The van der Waals surface area contributed by atoms with Crippen molar-refractivity contribution in [2.45, 2.75) is 6.92 Å². The van der Waals surface area contributed by atoms with E-state index >= 15 is 0 Å². The predicted octanol–water partition coefficient (Wildman–Crippen LogP) is 0.0766. The monoisotopic (exact) mass is 353 g/mol. The van der Waals surface area contributed by atoms with Crippen molar-refractivity contribution < 1.29 is 31.5 Å². The normalized spacial score (nSPS) is 11.7. The molecule has 0 saturated heterocycles. The first kappa shape index (κ1) is 18.5. The Morgan fingerprint density at radius 3 is 2.48 bits per heavy atom. The number of hydrogen-bond acceptors (Lipinski definition) is 6. The van der Waals surface area contributed by atoms with E-state index in [1.165, 1.54) is 6.20 Å². The number of hydrogen-bond donors (Lipinski definition) is 0. The summed E-state index contributed by atoms with van der Waals surface area (Å²) in [4.78, 5) is 22.4. The molecule has 0 N–H and O–H groups in total. The second-order valence-corrected chi connectivity index (χ2v) is 4.42. The Hall–Kier alpha value is -2.53. The SMILES string of the molecule is CC(=NCC(=O)[O-])c1ccccc1N=C([O-])c1ccccn1.[Ni+2]. The van der Waals surface area contributed by atoms with Gasteiger partial charge in [-0.2, -0.15) is 0 Å². The predicted molar refractivity (Wildman–Crippen MR) is 79.0 cm³/mol. The maximum absolute atomic E-state index is 12.1. The summed E-state index contributed by atoms with van der Waals surface area (Å²) < 4.78 is 0. The first-order chi connectivity index (χ1) is 10.6. The summed E-state index contributed by atoms with van der Waals surface area (Å²) in [5.41, 5.74) is 1.71. The van der Waals surface area contributed by atoms with E-state index in [9.17, 15) is 15.0 Å². The summed E-state index contributed by atoms with van der Waals surface area (Å²) in [6, 6.07) is 11.9. The van der Waals surface area contributed by atoms with E-state index in [0.717, 1.165) is 0 Å². The summed E-state index contributed by atoms with van der Waals surface area (Å²) in [6.07, 6.45) is 1.52. The van der Waals surface area contributed by atoms with E-state index in [1.54, 1.807) is 49.4 Å². The van der Waals surface area contributed by atoms with Crippen LogP contribution in [0.5, 0.6) is 0 Å². The Morgan fingerprint density at radius 2 is 1.83 bits per heavy atom. The number of benzene rings is 1. The van der Waals surface area contributed by atoms with Gasteiger partial charge in [-0.25, -0.2) is 0 Å². The average Bonchev–Trinajstić information content (AvgIpc) is 2.54. The zero-order valence-electron chi connectivity index (χ0n) is 12.2. The number of carboxylic acids is 1. The van der Waals surface area contributed by atoms with E-state index in [4.69, 9.17) is 0 Å². The number of aromatic nitrogens is 1. The van der Waals surface area contributed by atoms with Gasteiger partial charge in [0.2, 0.25) is 0 Å². The second kappa shape index (κ2) is 8.80. The summed E-state index contributed by atoms with van der Waals surface area (Å²) in [6.45, 7) is 1.22. The number of carboxylic acid groups (broad SMARTS) is 1. The summed E-state index contributed by atoms with van der Waals surface area (Å²) in [7, 11) is 0. The summed E-state index contributed by atoms with van der Waals surface area (Å²) in [5.74, 6) is -1.74. The van der Waals surface area contributed by atoms with Gasteiger partial charge in [0, 0.05) is 23.4 Å². The van der Waals surface area contributed by atoms with Gasteiger partial charge in [-0.1, -0.05) is 24.3 Å². The van der Waals surface area contributed by atoms with Crippen molar-refractivity contribution in [3.8, 4) is 0 Å². The van der Waals surface area contributed by atoms with Gasteiger partial charge in [-0.05, 0) is 25.1 Å². The minimum Gasteiger partial charge on any atom is -0.857 e. The topological polar surface area (TPSA) is 101 Å². The summed E-state index contributed by atoms with van der Waals surface area (Å²) >= 11 is 0. The van der Waals surface area contributed by atoms with Crippen molar-refractivity contribution in [2.75, 3.05) is 6.54 Å². The molecule has 1 aromatic heterocycles. The Labute approximate surface area is 143 Å². The van der Waals surface area contributed by atoms with Crippen LogP contribution in [0.4, 0.5) is 5.69 Å². The number of para-hydroxylation sites is 1. The van der Waals surface area contributed by atoms with Crippen LogP contribution in [0.2, 0.25) is 0 Å². The fourth-order valence-corrected chi connectivity index (χ4v) is 1.80. The first-order valence-corrected chi connectivity index (χ1v) is 6.55. The van der Waals surface area contributed by atoms with Crippen molar-refractivity contribution in [3.63, 3.8) is 0 Å². The number of pyridine rings is 1. The number of rotatable bonds is 5. The zero-order valence-corrected chi connectivity index (χ0v) is 13.2. The Morgan fingerprint density at radius 1 is 1.13 bits per heavy atom.